The Morgan fingerprint density at radius 2 is 1.09 bits per heavy atom. The van der Waals surface area contributed by atoms with Crippen LogP contribution in [0.5, 0.6) is 0 Å². The summed E-state index contributed by atoms with van der Waals surface area (Å²) in [5.74, 6) is -0.604. The van der Waals surface area contributed by atoms with E-state index in [4.69, 9.17) is 6.15 Å². The van der Waals surface area contributed by atoms with Crippen molar-refractivity contribution in [2.24, 2.45) is 10.8 Å². The minimum atomic E-state index is -3.95. The number of carbonyl (C=O) groups excluding carboxylic acids is 2. The molecule has 0 aromatic rings. The van der Waals surface area contributed by atoms with E-state index < -0.39 is 30.0 Å². The number of rotatable bonds is 6. The summed E-state index contributed by atoms with van der Waals surface area (Å²) in [5, 5.41) is 0. The van der Waals surface area contributed by atoms with Crippen LogP contribution < -0.4 is 0 Å². The molecule has 0 saturated heterocycles. The van der Waals surface area contributed by atoms with Gasteiger partial charge in [0.1, 0.15) is 0 Å². The van der Waals surface area contributed by atoms with Crippen LogP contribution in [0.1, 0.15) is 55.4 Å². The molecule has 5 heteroatoms. The normalized spacial score (nSPS) is 13.6. The number of hydrogen-bond donors (Lipinski definition) is 0. The molecule has 0 fully saturated rings. The second kappa shape index (κ2) is 8.90. The summed E-state index contributed by atoms with van der Waals surface area (Å²) in [6.07, 6.45) is 7.67. The molecule has 0 aliphatic carbocycles. The molecular formula is C18H32O4Sn. The van der Waals surface area contributed by atoms with Gasteiger partial charge in [-0.2, -0.15) is 0 Å². The number of hydrogen-bond acceptors (Lipinski definition) is 4. The van der Waals surface area contributed by atoms with Gasteiger partial charge in [0, 0.05) is 0 Å². The van der Waals surface area contributed by atoms with Crippen molar-refractivity contribution >= 4 is 31.1 Å². The third-order valence-electron chi connectivity index (χ3n) is 3.11. The van der Waals surface area contributed by atoms with Crippen LogP contribution in [0.2, 0.25) is 8.87 Å². The van der Waals surface area contributed by atoms with Crippen molar-refractivity contribution in [1.29, 1.82) is 0 Å². The average Bonchev–Trinajstić information content (AvgIpc) is 2.40. The molecule has 0 aliphatic rings. The van der Waals surface area contributed by atoms with Gasteiger partial charge in [-0.05, 0) is 0 Å². The van der Waals surface area contributed by atoms with Gasteiger partial charge < -0.3 is 0 Å². The van der Waals surface area contributed by atoms with Crippen LogP contribution in [0.4, 0.5) is 0 Å². The first-order chi connectivity index (χ1) is 10.4. The van der Waals surface area contributed by atoms with E-state index in [1.54, 1.807) is 0 Å². The van der Waals surface area contributed by atoms with Gasteiger partial charge >= 0.3 is 146 Å². The predicted molar refractivity (Wildman–Crippen MR) is 96.1 cm³/mol. The maximum atomic E-state index is 12.4. The molecule has 0 bridgehead atoms. The molecule has 132 valence electrons. The standard InChI is InChI=1S/2C5H10O2.2C4H7.Sn/c2*1-5(2,3)4(6)7;2*1-3-4-2;/h2*1-3H3,(H,6,7);2*3-4H,1H2,2H3;/q;;;;+2/p-2. The van der Waals surface area contributed by atoms with E-state index in [9.17, 15) is 9.59 Å². The second-order valence-electron chi connectivity index (χ2n) is 7.74. The zero-order valence-corrected chi connectivity index (χ0v) is 18.7. The molecule has 0 atom stereocenters. The summed E-state index contributed by atoms with van der Waals surface area (Å²) in [6.45, 7) is 14.7. The fraction of sp³-hybridized carbons (Fsp3) is 0.667. The molecule has 0 rings (SSSR count). The molecule has 23 heavy (non-hydrogen) atoms. The van der Waals surface area contributed by atoms with E-state index in [1.165, 1.54) is 0 Å². The Hall–Kier alpha value is -0.781. The van der Waals surface area contributed by atoms with Crippen LogP contribution >= 0.6 is 0 Å². The molecule has 4 nitrogen and oxygen atoms in total. The van der Waals surface area contributed by atoms with Crippen LogP contribution in [0.3, 0.4) is 0 Å². The molecule has 0 saturated carbocycles. The monoisotopic (exact) mass is 432 g/mol. The van der Waals surface area contributed by atoms with Crippen LogP contribution in [0.15, 0.2) is 24.3 Å². The fourth-order valence-electron chi connectivity index (χ4n) is 1.51. The third-order valence-corrected chi connectivity index (χ3v) is 11.2. The van der Waals surface area contributed by atoms with Crippen molar-refractivity contribution in [3.8, 4) is 0 Å². The Balaban J connectivity index is 5.66. The Labute approximate surface area is 146 Å². The van der Waals surface area contributed by atoms with Crippen molar-refractivity contribution in [2.45, 2.75) is 64.3 Å². The number of carbonyl (C=O) groups is 2. The first-order valence-corrected chi connectivity index (χ1v) is 14.4. The summed E-state index contributed by atoms with van der Waals surface area (Å²) in [5.41, 5.74) is -1.25. The van der Waals surface area contributed by atoms with Crippen molar-refractivity contribution < 1.29 is 15.7 Å². The van der Waals surface area contributed by atoms with Crippen LogP contribution in [0, 0.1) is 10.8 Å². The van der Waals surface area contributed by atoms with Crippen molar-refractivity contribution in [3.05, 3.63) is 24.3 Å². The molecule has 0 spiro atoms. The molecule has 0 aromatic heterocycles. The topological polar surface area (TPSA) is 52.6 Å². The molecular weight excluding hydrogens is 399 g/mol. The van der Waals surface area contributed by atoms with Gasteiger partial charge in [-0.15, -0.1) is 0 Å². The predicted octanol–water partition coefficient (Wildman–Crippen LogP) is 4.76. The molecule has 0 amide bonds. The minimum absolute atomic E-state index is 0.302. The second-order valence-corrected chi connectivity index (χ2v) is 16.4. The first-order valence-electron chi connectivity index (χ1n) is 8.07. The van der Waals surface area contributed by atoms with Gasteiger partial charge in [-0.25, -0.2) is 0 Å². The summed E-state index contributed by atoms with van der Waals surface area (Å²) >= 11 is -3.95. The van der Waals surface area contributed by atoms with Gasteiger partial charge in [-0.3, -0.25) is 0 Å². The Morgan fingerprint density at radius 1 is 0.783 bits per heavy atom. The summed E-state index contributed by atoms with van der Waals surface area (Å²) in [7, 11) is 0. The average molecular weight is 431 g/mol. The van der Waals surface area contributed by atoms with Gasteiger partial charge in [0.15, 0.2) is 0 Å². The van der Waals surface area contributed by atoms with Gasteiger partial charge in [0.05, 0.1) is 0 Å². The molecule has 0 N–H and O–H groups in total. The van der Waals surface area contributed by atoms with Crippen molar-refractivity contribution in [1.82, 2.24) is 0 Å². The Kier molecular flexibility index (Phi) is 8.60. The van der Waals surface area contributed by atoms with Crippen LogP contribution in [0.25, 0.3) is 0 Å². The Morgan fingerprint density at radius 3 is 1.30 bits per heavy atom. The van der Waals surface area contributed by atoms with E-state index in [1.807, 2.05) is 79.7 Å². The zero-order valence-electron chi connectivity index (χ0n) is 15.9. The third kappa shape index (κ3) is 8.04. The summed E-state index contributed by atoms with van der Waals surface area (Å²) < 4.78 is 12.8. The van der Waals surface area contributed by atoms with Crippen LogP contribution in [-0.2, 0) is 15.7 Å². The molecule has 0 radical (unpaired) electrons. The van der Waals surface area contributed by atoms with Crippen molar-refractivity contribution in [3.63, 3.8) is 0 Å². The summed E-state index contributed by atoms with van der Waals surface area (Å²) in [4.78, 5) is 24.9. The molecule has 0 aromatic carbocycles. The molecule has 0 heterocycles. The van der Waals surface area contributed by atoms with Gasteiger partial charge in [0.2, 0.25) is 0 Å². The van der Waals surface area contributed by atoms with E-state index in [2.05, 4.69) is 0 Å². The van der Waals surface area contributed by atoms with Crippen LogP contribution in [-0.4, -0.2) is 31.1 Å². The first kappa shape index (κ1) is 22.2. The summed E-state index contributed by atoms with van der Waals surface area (Å²) in [6, 6.07) is 0. The fourth-order valence-corrected chi connectivity index (χ4v) is 10.1. The zero-order chi connectivity index (χ0) is 18.3. The van der Waals surface area contributed by atoms with Crippen molar-refractivity contribution in [2.75, 3.05) is 0 Å². The molecule has 0 unspecified atom stereocenters. The van der Waals surface area contributed by atoms with E-state index in [-0.39, 0.29) is 11.9 Å². The number of allylic oxidation sites excluding steroid dienone is 4. The van der Waals surface area contributed by atoms with E-state index >= 15 is 0 Å². The molecule has 0 aliphatic heterocycles. The SMILES string of the molecule is CC=C[CH2][Sn]([CH2]C=CC)([O]C(=O)C(C)(C)C)[O]C(=O)C(C)(C)C. The van der Waals surface area contributed by atoms with Gasteiger partial charge in [0.25, 0.3) is 0 Å². The van der Waals surface area contributed by atoms with Gasteiger partial charge in [-0.1, -0.05) is 0 Å². The Bertz CT molecular complexity index is 420. The quantitative estimate of drug-likeness (QED) is 0.450. The van der Waals surface area contributed by atoms with E-state index in [0.717, 1.165) is 0 Å². The van der Waals surface area contributed by atoms with E-state index in [0.29, 0.717) is 8.87 Å². The maximum absolute atomic E-state index is 12.4.